The van der Waals surface area contributed by atoms with E-state index in [1.807, 2.05) is 18.2 Å². The fraction of sp³-hybridized carbons (Fsp3) is 0.103. The summed E-state index contributed by atoms with van der Waals surface area (Å²) in [4.78, 5) is 28.2. The molecule has 3 aromatic carbocycles. The third-order valence-electron chi connectivity index (χ3n) is 6.04. The summed E-state index contributed by atoms with van der Waals surface area (Å²) in [6.07, 6.45) is 1.69. The Balaban J connectivity index is 1.54. The van der Waals surface area contributed by atoms with Gasteiger partial charge in [0.1, 0.15) is 29.3 Å². The second-order valence-corrected chi connectivity index (χ2v) is 8.33. The number of aromatic nitrogens is 1. The molecule has 38 heavy (non-hydrogen) atoms. The number of benzene rings is 3. The number of esters is 1. The first kappa shape index (κ1) is 24.5. The first-order valence-electron chi connectivity index (χ1n) is 11.6. The van der Waals surface area contributed by atoms with Gasteiger partial charge in [0.2, 0.25) is 5.88 Å². The van der Waals surface area contributed by atoms with Crippen LogP contribution in [0.1, 0.15) is 15.9 Å². The summed E-state index contributed by atoms with van der Waals surface area (Å²) in [6.45, 7) is -0.0619. The zero-order valence-corrected chi connectivity index (χ0v) is 20.5. The van der Waals surface area contributed by atoms with Gasteiger partial charge >= 0.3 is 5.97 Å². The summed E-state index contributed by atoms with van der Waals surface area (Å²) in [5.41, 5.74) is 3.72. The smallest absolute Gasteiger partial charge is 0.343 e. The van der Waals surface area contributed by atoms with E-state index in [0.717, 1.165) is 11.1 Å². The van der Waals surface area contributed by atoms with E-state index < -0.39 is 10.9 Å². The predicted octanol–water partition coefficient (Wildman–Crippen LogP) is 6.44. The van der Waals surface area contributed by atoms with Gasteiger partial charge in [-0.3, -0.25) is 10.1 Å². The lowest BCUT2D eigenvalue weighted by atomic mass is 10.0. The van der Waals surface area contributed by atoms with Crippen LogP contribution < -0.4 is 9.47 Å². The summed E-state index contributed by atoms with van der Waals surface area (Å²) >= 11 is 0. The van der Waals surface area contributed by atoms with Gasteiger partial charge in [-0.15, -0.1) is 0 Å². The van der Waals surface area contributed by atoms with E-state index in [-0.39, 0.29) is 17.9 Å². The lowest BCUT2D eigenvalue weighted by molar-refractivity contribution is -0.384. The van der Waals surface area contributed by atoms with E-state index in [0.29, 0.717) is 39.5 Å². The lowest BCUT2D eigenvalue weighted by Crippen LogP contribution is -2.06. The standard InChI is InChI=1S/C29H22N2O7/c1-35-23-11-5-19(6-12-23)28-27(29(32)37-17-18-3-9-22(10-4-18)31(33)34)24-15-20(7-13-25(24)38-28)21-8-14-26(36-2)30-16-21/h3-16H,17H2,1-2H3. The SMILES string of the molecule is COc1ccc(-c2oc3ccc(-c4ccc(OC)nc4)cc3c2C(=O)OCc2ccc([N+](=O)[O-])cc2)cc1. The van der Waals surface area contributed by atoms with Crippen molar-refractivity contribution in [3.63, 3.8) is 0 Å². The van der Waals surface area contributed by atoms with Crippen LogP contribution in [0.15, 0.2) is 89.5 Å². The second-order valence-electron chi connectivity index (χ2n) is 8.33. The fourth-order valence-electron chi connectivity index (χ4n) is 4.03. The van der Waals surface area contributed by atoms with Gasteiger partial charge in [0.25, 0.3) is 5.69 Å². The average molecular weight is 511 g/mol. The number of methoxy groups -OCH3 is 2. The molecule has 0 unspecified atom stereocenters. The number of nitro groups is 1. The Bertz CT molecular complexity index is 1610. The van der Waals surface area contributed by atoms with E-state index in [1.54, 1.807) is 68.9 Å². The number of ether oxygens (including phenoxy) is 3. The van der Waals surface area contributed by atoms with Gasteiger partial charge in [-0.1, -0.05) is 6.07 Å². The number of nitro benzene ring substituents is 1. The number of pyridine rings is 1. The number of carbonyl (C=O) groups excluding carboxylic acids is 1. The van der Waals surface area contributed by atoms with Crippen LogP contribution in [0.3, 0.4) is 0 Å². The van der Waals surface area contributed by atoms with Crippen molar-refractivity contribution in [1.29, 1.82) is 0 Å². The molecule has 0 aliphatic heterocycles. The Morgan fingerprint density at radius 3 is 2.24 bits per heavy atom. The summed E-state index contributed by atoms with van der Waals surface area (Å²) < 4.78 is 22.2. The van der Waals surface area contributed by atoms with Crippen LogP contribution in [0.2, 0.25) is 0 Å². The van der Waals surface area contributed by atoms with Crippen LogP contribution in [0.5, 0.6) is 11.6 Å². The molecule has 9 heteroatoms. The highest BCUT2D eigenvalue weighted by Gasteiger charge is 2.24. The second kappa shape index (κ2) is 10.4. The molecular formula is C29H22N2O7. The quantitative estimate of drug-likeness (QED) is 0.133. The zero-order chi connectivity index (χ0) is 26.6. The number of carbonyl (C=O) groups is 1. The molecule has 190 valence electrons. The third-order valence-corrected chi connectivity index (χ3v) is 6.04. The van der Waals surface area contributed by atoms with Crippen LogP contribution in [0.25, 0.3) is 33.4 Å². The molecule has 2 aromatic heterocycles. The average Bonchev–Trinajstić information content (AvgIpc) is 3.35. The molecule has 0 amide bonds. The van der Waals surface area contributed by atoms with E-state index in [4.69, 9.17) is 18.6 Å². The van der Waals surface area contributed by atoms with Crippen molar-refractivity contribution in [2.24, 2.45) is 0 Å². The van der Waals surface area contributed by atoms with Gasteiger partial charge in [0.05, 0.1) is 19.1 Å². The van der Waals surface area contributed by atoms with Crippen molar-refractivity contribution >= 4 is 22.6 Å². The summed E-state index contributed by atoms with van der Waals surface area (Å²) in [6, 6.07) is 22.2. The first-order chi connectivity index (χ1) is 18.5. The minimum absolute atomic E-state index is 0.0387. The minimum Gasteiger partial charge on any atom is -0.497 e. The Kier molecular flexibility index (Phi) is 6.73. The molecule has 0 radical (unpaired) electrons. The summed E-state index contributed by atoms with van der Waals surface area (Å²) in [5.74, 6) is 0.941. The van der Waals surface area contributed by atoms with Gasteiger partial charge in [0, 0.05) is 40.9 Å². The number of non-ortho nitro benzene ring substituents is 1. The topological polar surface area (TPSA) is 114 Å². The molecular weight excluding hydrogens is 488 g/mol. The highest BCUT2D eigenvalue weighted by atomic mass is 16.6. The molecule has 0 saturated carbocycles. The molecule has 0 N–H and O–H groups in total. The predicted molar refractivity (Wildman–Crippen MR) is 140 cm³/mol. The van der Waals surface area contributed by atoms with E-state index in [1.165, 1.54) is 12.1 Å². The third kappa shape index (κ3) is 4.90. The molecule has 2 heterocycles. The van der Waals surface area contributed by atoms with E-state index in [9.17, 15) is 14.9 Å². The van der Waals surface area contributed by atoms with Crippen LogP contribution in [0.4, 0.5) is 5.69 Å². The minimum atomic E-state index is -0.585. The highest BCUT2D eigenvalue weighted by molar-refractivity contribution is 6.09. The largest absolute Gasteiger partial charge is 0.497 e. The molecule has 5 rings (SSSR count). The Hall–Kier alpha value is -5.18. The number of fused-ring (bicyclic) bond motifs is 1. The lowest BCUT2D eigenvalue weighted by Gasteiger charge is -2.07. The molecule has 0 aliphatic carbocycles. The molecule has 5 aromatic rings. The number of hydrogen-bond acceptors (Lipinski definition) is 8. The number of rotatable bonds is 8. The number of nitrogens with zero attached hydrogens (tertiary/aromatic N) is 2. The van der Waals surface area contributed by atoms with Gasteiger partial charge in [-0.25, -0.2) is 9.78 Å². The van der Waals surface area contributed by atoms with Gasteiger partial charge in [-0.05, 0) is 65.7 Å². The van der Waals surface area contributed by atoms with Gasteiger partial charge in [0.15, 0.2) is 0 Å². The fourth-order valence-corrected chi connectivity index (χ4v) is 4.03. The Morgan fingerprint density at radius 2 is 1.61 bits per heavy atom. The summed E-state index contributed by atoms with van der Waals surface area (Å²) in [7, 11) is 3.13. The molecule has 9 nitrogen and oxygen atoms in total. The van der Waals surface area contributed by atoms with Crippen LogP contribution >= 0.6 is 0 Å². The highest BCUT2D eigenvalue weighted by Crippen LogP contribution is 2.37. The molecule has 0 atom stereocenters. The maximum absolute atomic E-state index is 13.5. The molecule has 0 spiro atoms. The maximum atomic E-state index is 13.5. The van der Waals surface area contributed by atoms with Crippen LogP contribution in [-0.4, -0.2) is 30.1 Å². The molecule has 0 fully saturated rings. The molecule has 0 aliphatic rings. The van der Waals surface area contributed by atoms with Crippen molar-refractivity contribution in [1.82, 2.24) is 4.98 Å². The zero-order valence-electron chi connectivity index (χ0n) is 20.5. The molecule has 0 bridgehead atoms. The van der Waals surface area contributed by atoms with Crippen molar-refractivity contribution in [2.45, 2.75) is 6.61 Å². The number of hydrogen-bond donors (Lipinski definition) is 0. The Labute approximate surface area is 217 Å². The van der Waals surface area contributed by atoms with Crippen molar-refractivity contribution in [3.8, 4) is 34.1 Å². The first-order valence-corrected chi connectivity index (χ1v) is 11.6. The maximum Gasteiger partial charge on any atom is 0.343 e. The number of furan rings is 1. The summed E-state index contributed by atoms with van der Waals surface area (Å²) in [5, 5.41) is 11.5. The van der Waals surface area contributed by atoms with Crippen molar-refractivity contribution in [2.75, 3.05) is 14.2 Å². The monoisotopic (exact) mass is 510 g/mol. The van der Waals surface area contributed by atoms with Crippen LogP contribution in [-0.2, 0) is 11.3 Å². The van der Waals surface area contributed by atoms with E-state index >= 15 is 0 Å². The Morgan fingerprint density at radius 1 is 0.895 bits per heavy atom. The van der Waals surface area contributed by atoms with Gasteiger partial charge in [-0.2, -0.15) is 0 Å². The van der Waals surface area contributed by atoms with Crippen molar-refractivity contribution in [3.05, 3.63) is 106 Å². The van der Waals surface area contributed by atoms with E-state index in [2.05, 4.69) is 4.98 Å². The molecule has 0 saturated heterocycles. The van der Waals surface area contributed by atoms with Gasteiger partial charge < -0.3 is 18.6 Å². The van der Waals surface area contributed by atoms with Crippen molar-refractivity contribution < 1.29 is 28.3 Å². The van der Waals surface area contributed by atoms with Crippen LogP contribution in [0, 0.1) is 10.1 Å². The normalized spacial score (nSPS) is 10.8.